The first kappa shape index (κ1) is 18.7. The largest absolute Gasteiger partial charge is 0.454 e. The highest BCUT2D eigenvalue weighted by molar-refractivity contribution is 5.78. The molecule has 1 aliphatic heterocycles. The number of rotatable bonds is 4. The molecule has 3 aromatic rings. The van der Waals surface area contributed by atoms with Crippen LogP contribution in [0, 0.1) is 12.3 Å². The van der Waals surface area contributed by atoms with E-state index in [2.05, 4.69) is 69.6 Å². The molecule has 4 rings (SSSR count). The van der Waals surface area contributed by atoms with Gasteiger partial charge < -0.3 is 14.8 Å². The lowest BCUT2D eigenvalue weighted by Gasteiger charge is -2.34. The van der Waals surface area contributed by atoms with Gasteiger partial charge in [0, 0.05) is 17.3 Å². The smallest absolute Gasteiger partial charge is 0.231 e. The summed E-state index contributed by atoms with van der Waals surface area (Å²) in [7, 11) is 0. The van der Waals surface area contributed by atoms with E-state index in [1.165, 1.54) is 5.56 Å². The third kappa shape index (κ3) is 3.66. The fourth-order valence-corrected chi connectivity index (χ4v) is 4.20. The van der Waals surface area contributed by atoms with Gasteiger partial charge in [-0.25, -0.2) is 4.98 Å². The molecule has 5 heteroatoms. The Balaban J connectivity index is 1.83. The predicted octanol–water partition coefficient (Wildman–Crippen LogP) is 5.67. The van der Waals surface area contributed by atoms with Gasteiger partial charge in [0.2, 0.25) is 6.79 Å². The van der Waals surface area contributed by atoms with Crippen LogP contribution in [0.3, 0.4) is 0 Å². The van der Waals surface area contributed by atoms with E-state index < -0.39 is 0 Å². The minimum absolute atomic E-state index is 0.0931. The molecule has 1 aromatic carbocycles. The zero-order valence-corrected chi connectivity index (χ0v) is 17.6. The number of aryl methyl sites for hydroxylation is 1. The second kappa shape index (κ2) is 6.43. The average molecular weight is 380 g/mol. The normalized spacial score (nSPS) is 13.9. The molecule has 0 spiro atoms. The number of hydrogen-bond acceptors (Lipinski definition) is 4. The van der Waals surface area contributed by atoms with E-state index in [1.807, 2.05) is 18.2 Å². The fraction of sp³-hybridized carbons (Fsp3) is 0.435. The number of hydrogen-bond donors (Lipinski definition) is 1. The van der Waals surface area contributed by atoms with Crippen LogP contribution in [0.15, 0.2) is 36.5 Å². The number of anilines is 1. The summed E-state index contributed by atoms with van der Waals surface area (Å²) in [6.45, 7) is 13.7. The summed E-state index contributed by atoms with van der Waals surface area (Å²) in [5.41, 5.74) is 4.18. The third-order valence-corrected chi connectivity index (χ3v) is 4.86. The van der Waals surface area contributed by atoms with Crippen molar-refractivity contribution in [3.05, 3.63) is 42.1 Å². The third-order valence-electron chi connectivity index (χ3n) is 4.86. The molecule has 0 atom stereocenters. The Labute approximate surface area is 166 Å². The van der Waals surface area contributed by atoms with Crippen LogP contribution in [0.25, 0.3) is 16.9 Å². The first-order chi connectivity index (χ1) is 13.1. The fourth-order valence-electron chi connectivity index (χ4n) is 4.20. The van der Waals surface area contributed by atoms with Gasteiger partial charge in [-0.15, -0.1) is 0 Å². The number of imidazole rings is 1. The summed E-state index contributed by atoms with van der Waals surface area (Å²) in [5.74, 6) is 2.56. The second-order valence-corrected chi connectivity index (χ2v) is 9.56. The van der Waals surface area contributed by atoms with Crippen LogP contribution >= 0.6 is 0 Å². The van der Waals surface area contributed by atoms with Crippen molar-refractivity contribution in [2.24, 2.45) is 5.41 Å². The number of nitrogens with one attached hydrogen (secondary N) is 1. The molecule has 0 fully saturated rings. The number of fused-ring (bicyclic) bond motifs is 2. The molecule has 0 bridgehead atoms. The Morgan fingerprint density at radius 2 is 1.79 bits per heavy atom. The second-order valence-electron chi connectivity index (χ2n) is 9.56. The Morgan fingerprint density at radius 3 is 2.54 bits per heavy atom. The van der Waals surface area contributed by atoms with Crippen molar-refractivity contribution in [1.82, 2.24) is 9.38 Å². The molecule has 0 saturated carbocycles. The van der Waals surface area contributed by atoms with Gasteiger partial charge in [0.05, 0.1) is 0 Å². The maximum Gasteiger partial charge on any atom is 0.231 e. The molecule has 28 heavy (non-hydrogen) atoms. The van der Waals surface area contributed by atoms with Gasteiger partial charge in [-0.1, -0.05) is 20.8 Å². The van der Waals surface area contributed by atoms with Crippen molar-refractivity contribution >= 4 is 11.5 Å². The maximum absolute atomic E-state index is 5.58. The van der Waals surface area contributed by atoms with E-state index in [1.54, 1.807) is 0 Å². The topological polar surface area (TPSA) is 47.8 Å². The van der Waals surface area contributed by atoms with Crippen molar-refractivity contribution in [3.8, 4) is 22.8 Å². The Kier molecular flexibility index (Phi) is 4.29. The molecular weight excluding hydrogens is 350 g/mol. The molecule has 0 unspecified atom stereocenters. The van der Waals surface area contributed by atoms with E-state index in [4.69, 9.17) is 14.5 Å². The lowest BCUT2D eigenvalue weighted by molar-refractivity contribution is 0.174. The van der Waals surface area contributed by atoms with Crippen molar-refractivity contribution in [3.63, 3.8) is 0 Å². The number of ether oxygens (including phenoxy) is 2. The zero-order chi connectivity index (χ0) is 20.1. The van der Waals surface area contributed by atoms with Gasteiger partial charge in [0.15, 0.2) is 11.5 Å². The highest BCUT2D eigenvalue weighted by Crippen LogP contribution is 2.39. The number of benzene rings is 1. The first-order valence-corrected chi connectivity index (χ1v) is 9.78. The molecular formula is C23H29N3O2. The van der Waals surface area contributed by atoms with E-state index in [9.17, 15) is 0 Å². The van der Waals surface area contributed by atoms with Gasteiger partial charge in [0.25, 0.3) is 0 Å². The Morgan fingerprint density at radius 1 is 1.04 bits per heavy atom. The first-order valence-electron chi connectivity index (χ1n) is 9.78. The average Bonchev–Trinajstić information content (AvgIpc) is 3.16. The number of pyridine rings is 1. The molecule has 2 aromatic heterocycles. The predicted molar refractivity (Wildman–Crippen MR) is 113 cm³/mol. The van der Waals surface area contributed by atoms with Crippen LogP contribution in [-0.4, -0.2) is 21.7 Å². The van der Waals surface area contributed by atoms with Crippen molar-refractivity contribution in [1.29, 1.82) is 0 Å². The molecule has 3 heterocycles. The molecule has 0 aliphatic carbocycles. The minimum Gasteiger partial charge on any atom is -0.454 e. The van der Waals surface area contributed by atoms with E-state index >= 15 is 0 Å². The SMILES string of the molecule is Cc1ccn2c(NC(C)(C)CC(C)(C)C)c(-c3ccc4c(c3)OCO4)nc2c1. The highest BCUT2D eigenvalue weighted by atomic mass is 16.7. The summed E-state index contributed by atoms with van der Waals surface area (Å²) >= 11 is 0. The molecule has 0 saturated heterocycles. The van der Waals surface area contributed by atoms with Crippen LogP contribution in [-0.2, 0) is 0 Å². The van der Waals surface area contributed by atoms with Gasteiger partial charge in [-0.05, 0) is 68.5 Å². The monoisotopic (exact) mass is 379 g/mol. The van der Waals surface area contributed by atoms with Crippen LogP contribution in [0.2, 0.25) is 0 Å². The Hall–Kier alpha value is -2.69. The summed E-state index contributed by atoms with van der Waals surface area (Å²) in [4.78, 5) is 4.95. The number of nitrogens with zero attached hydrogens (tertiary/aromatic N) is 2. The van der Waals surface area contributed by atoms with Gasteiger partial charge in [0.1, 0.15) is 17.2 Å². The molecule has 0 radical (unpaired) electrons. The van der Waals surface area contributed by atoms with Crippen LogP contribution < -0.4 is 14.8 Å². The van der Waals surface area contributed by atoms with Gasteiger partial charge in [-0.2, -0.15) is 0 Å². The summed E-state index contributed by atoms with van der Waals surface area (Å²) in [5, 5.41) is 3.78. The van der Waals surface area contributed by atoms with E-state index in [-0.39, 0.29) is 17.7 Å². The summed E-state index contributed by atoms with van der Waals surface area (Å²) in [6, 6.07) is 10.2. The van der Waals surface area contributed by atoms with Gasteiger partial charge in [-0.3, -0.25) is 4.40 Å². The Bertz CT molecular complexity index is 1030. The van der Waals surface area contributed by atoms with Crippen molar-refractivity contribution in [2.75, 3.05) is 12.1 Å². The minimum atomic E-state index is -0.0931. The molecule has 0 amide bonds. The lowest BCUT2D eigenvalue weighted by Crippen LogP contribution is -2.36. The van der Waals surface area contributed by atoms with Crippen molar-refractivity contribution in [2.45, 2.75) is 53.5 Å². The number of aromatic nitrogens is 2. The summed E-state index contributed by atoms with van der Waals surface area (Å²) < 4.78 is 13.2. The molecule has 5 nitrogen and oxygen atoms in total. The summed E-state index contributed by atoms with van der Waals surface area (Å²) in [6.07, 6.45) is 3.11. The van der Waals surface area contributed by atoms with Gasteiger partial charge >= 0.3 is 0 Å². The van der Waals surface area contributed by atoms with Crippen molar-refractivity contribution < 1.29 is 9.47 Å². The quantitative estimate of drug-likeness (QED) is 0.635. The highest BCUT2D eigenvalue weighted by Gasteiger charge is 2.28. The zero-order valence-electron chi connectivity index (χ0n) is 17.6. The van der Waals surface area contributed by atoms with E-state index in [0.29, 0.717) is 0 Å². The van der Waals surface area contributed by atoms with Crippen LogP contribution in [0.4, 0.5) is 5.82 Å². The lowest BCUT2D eigenvalue weighted by atomic mass is 9.82. The van der Waals surface area contributed by atoms with E-state index in [0.717, 1.165) is 40.6 Å². The molecule has 148 valence electrons. The van der Waals surface area contributed by atoms with Crippen LogP contribution in [0.5, 0.6) is 11.5 Å². The maximum atomic E-state index is 5.58. The van der Waals surface area contributed by atoms with Crippen LogP contribution in [0.1, 0.15) is 46.6 Å². The standard InChI is InChI=1S/C23H29N3O2/c1-15-9-10-26-19(11-15)24-20(16-7-8-17-18(12-16)28-14-27-17)21(26)25-23(5,6)13-22(2,3)4/h7-12,25H,13-14H2,1-6H3. The molecule has 1 N–H and O–H groups in total. The molecule has 1 aliphatic rings.